The van der Waals surface area contributed by atoms with E-state index in [1.807, 2.05) is 35.2 Å². The number of nitrogens with zero attached hydrogens (tertiary/aromatic N) is 3. The number of aromatic amines is 1. The lowest BCUT2D eigenvalue weighted by Gasteiger charge is -2.20. The van der Waals surface area contributed by atoms with Crippen LogP contribution in [0.4, 0.5) is 5.82 Å². The molecule has 5 rings (SSSR count). The number of nitrogen functional groups attached to an aromatic ring is 1. The van der Waals surface area contributed by atoms with E-state index < -0.39 is 0 Å². The fourth-order valence-electron chi connectivity index (χ4n) is 4.49. The Kier molecular flexibility index (Phi) is 6.79. The fourth-order valence-corrected chi connectivity index (χ4v) is 5.00. The van der Waals surface area contributed by atoms with Gasteiger partial charge in [-0.25, -0.2) is 4.98 Å². The molecule has 0 bridgehead atoms. The summed E-state index contributed by atoms with van der Waals surface area (Å²) in [5.74, 6) is 0.748. The standard InChI is InChI=1S/C27H27Cl2N5O2/c1-33(2)19-8-9-34(14-19)27(35)24-11-17-10-16(6-7-23(17)32-24)18-12-25(26(30)31-13-18)36-15-20-21(28)4-3-5-22(20)29/h3-7,10-13,19,32H,8-9,14-15H2,1-2H3,(H2,30,31). The van der Waals surface area contributed by atoms with Gasteiger partial charge in [-0.05, 0) is 62.5 Å². The van der Waals surface area contributed by atoms with Gasteiger partial charge in [-0.2, -0.15) is 0 Å². The molecule has 3 heterocycles. The summed E-state index contributed by atoms with van der Waals surface area (Å²) in [4.78, 5) is 24.7. The summed E-state index contributed by atoms with van der Waals surface area (Å²) in [7, 11) is 4.11. The van der Waals surface area contributed by atoms with Crippen LogP contribution in [-0.2, 0) is 6.61 Å². The number of nitrogens with two attached hydrogens (primary N) is 1. The number of aromatic nitrogens is 2. The number of halogens is 2. The third-order valence-corrected chi connectivity index (χ3v) is 7.39. The van der Waals surface area contributed by atoms with E-state index in [2.05, 4.69) is 29.0 Å². The van der Waals surface area contributed by atoms with Gasteiger partial charge in [-0.1, -0.05) is 35.3 Å². The zero-order valence-corrected chi connectivity index (χ0v) is 21.6. The van der Waals surface area contributed by atoms with Crippen LogP contribution >= 0.6 is 23.2 Å². The minimum absolute atomic E-state index is 0.0279. The van der Waals surface area contributed by atoms with E-state index >= 15 is 0 Å². The molecule has 9 heteroatoms. The van der Waals surface area contributed by atoms with Gasteiger partial charge in [0.2, 0.25) is 0 Å². The van der Waals surface area contributed by atoms with Gasteiger partial charge in [0.05, 0.1) is 0 Å². The second-order valence-electron chi connectivity index (χ2n) is 9.24. The van der Waals surface area contributed by atoms with Crippen LogP contribution in [0.3, 0.4) is 0 Å². The van der Waals surface area contributed by atoms with Crippen molar-refractivity contribution in [1.82, 2.24) is 19.8 Å². The van der Waals surface area contributed by atoms with E-state index in [4.69, 9.17) is 33.7 Å². The highest BCUT2D eigenvalue weighted by atomic mass is 35.5. The largest absolute Gasteiger partial charge is 0.485 e. The number of benzene rings is 2. The summed E-state index contributed by atoms with van der Waals surface area (Å²) in [5, 5.41) is 2.00. The molecule has 2 aromatic carbocycles. The molecule has 0 radical (unpaired) electrons. The number of likely N-dealkylation sites (tertiary alicyclic amines) is 1. The number of amides is 1. The number of carbonyl (C=O) groups excluding carboxylic acids is 1. The first-order valence-corrected chi connectivity index (χ1v) is 12.5. The molecule has 36 heavy (non-hydrogen) atoms. The van der Waals surface area contributed by atoms with Gasteiger partial charge in [0.25, 0.3) is 5.91 Å². The molecule has 3 N–H and O–H groups in total. The number of nitrogens with one attached hydrogen (secondary N) is 1. The summed E-state index contributed by atoms with van der Waals surface area (Å²) in [5.41, 5.74) is 10.0. The van der Waals surface area contributed by atoms with Gasteiger partial charge < -0.3 is 25.3 Å². The van der Waals surface area contributed by atoms with Gasteiger partial charge in [0.15, 0.2) is 11.6 Å². The summed E-state index contributed by atoms with van der Waals surface area (Å²) < 4.78 is 5.94. The highest BCUT2D eigenvalue weighted by molar-refractivity contribution is 6.35. The van der Waals surface area contributed by atoms with Crippen LogP contribution in [-0.4, -0.2) is 58.9 Å². The highest BCUT2D eigenvalue weighted by Gasteiger charge is 2.28. The molecular formula is C27H27Cl2N5O2. The van der Waals surface area contributed by atoms with Crippen molar-refractivity contribution in [2.24, 2.45) is 0 Å². The van der Waals surface area contributed by atoms with Crippen molar-refractivity contribution < 1.29 is 9.53 Å². The molecule has 1 aliphatic rings. The van der Waals surface area contributed by atoms with Crippen molar-refractivity contribution in [3.8, 4) is 16.9 Å². The molecule has 186 valence electrons. The average Bonchev–Trinajstić information content (AvgIpc) is 3.52. The molecule has 1 saturated heterocycles. The zero-order chi connectivity index (χ0) is 25.4. The van der Waals surface area contributed by atoms with Gasteiger partial charge in [-0.15, -0.1) is 0 Å². The molecule has 2 aromatic heterocycles. The van der Waals surface area contributed by atoms with Crippen LogP contribution in [0.1, 0.15) is 22.5 Å². The molecule has 0 saturated carbocycles. The van der Waals surface area contributed by atoms with Crippen molar-refractivity contribution in [3.05, 3.63) is 76.0 Å². The van der Waals surface area contributed by atoms with Crippen LogP contribution in [0.15, 0.2) is 54.7 Å². The van der Waals surface area contributed by atoms with Gasteiger partial charge >= 0.3 is 0 Å². The minimum atomic E-state index is 0.0279. The summed E-state index contributed by atoms with van der Waals surface area (Å²) >= 11 is 12.5. The molecule has 4 aromatic rings. The SMILES string of the molecule is CN(C)C1CCN(C(=O)c2cc3cc(-c4cnc(N)c(OCc5c(Cl)cccc5Cl)c4)ccc3[nH]2)C1. The molecule has 1 unspecified atom stereocenters. The van der Waals surface area contributed by atoms with Crippen LogP contribution in [0.2, 0.25) is 10.0 Å². The number of anilines is 1. The predicted octanol–water partition coefficient (Wildman–Crippen LogP) is 5.47. The number of hydrogen-bond acceptors (Lipinski definition) is 5. The number of pyridine rings is 1. The summed E-state index contributed by atoms with van der Waals surface area (Å²) in [6.07, 6.45) is 2.69. The number of hydrogen-bond donors (Lipinski definition) is 2. The maximum absolute atomic E-state index is 13.1. The van der Waals surface area contributed by atoms with E-state index in [-0.39, 0.29) is 18.3 Å². The molecule has 1 fully saturated rings. The Morgan fingerprint density at radius 2 is 1.94 bits per heavy atom. The molecule has 0 spiro atoms. The van der Waals surface area contributed by atoms with E-state index in [1.165, 1.54) is 0 Å². The van der Waals surface area contributed by atoms with Gasteiger partial charge in [-0.3, -0.25) is 4.79 Å². The predicted molar refractivity (Wildman–Crippen MR) is 145 cm³/mol. The van der Waals surface area contributed by atoms with Crippen LogP contribution < -0.4 is 10.5 Å². The third kappa shape index (κ3) is 4.87. The topological polar surface area (TPSA) is 87.5 Å². The molecule has 1 amide bonds. The number of rotatable bonds is 6. The lowest BCUT2D eigenvalue weighted by Crippen LogP contribution is -2.34. The summed E-state index contributed by atoms with van der Waals surface area (Å²) in [6.45, 7) is 1.68. The maximum atomic E-state index is 13.1. The number of fused-ring (bicyclic) bond motifs is 1. The fraction of sp³-hybridized carbons (Fsp3) is 0.259. The summed E-state index contributed by atoms with van der Waals surface area (Å²) in [6, 6.07) is 15.4. The zero-order valence-electron chi connectivity index (χ0n) is 20.1. The van der Waals surface area contributed by atoms with Crippen molar-refractivity contribution in [1.29, 1.82) is 0 Å². The first kappa shape index (κ1) is 24.4. The second-order valence-corrected chi connectivity index (χ2v) is 10.1. The first-order chi connectivity index (χ1) is 17.3. The Balaban J connectivity index is 1.36. The van der Waals surface area contributed by atoms with Crippen molar-refractivity contribution in [2.75, 3.05) is 32.9 Å². The lowest BCUT2D eigenvalue weighted by atomic mass is 10.1. The monoisotopic (exact) mass is 523 g/mol. The highest BCUT2D eigenvalue weighted by Crippen LogP contribution is 2.32. The number of H-pyrrole nitrogens is 1. The van der Waals surface area contributed by atoms with E-state index in [0.29, 0.717) is 33.1 Å². The average molecular weight is 524 g/mol. The lowest BCUT2D eigenvalue weighted by molar-refractivity contribution is 0.0778. The molecule has 0 aliphatic carbocycles. The smallest absolute Gasteiger partial charge is 0.270 e. The first-order valence-electron chi connectivity index (χ1n) is 11.7. The Morgan fingerprint density at radius 3 is 2.67 bits per heavy atom. The Labute approximate surface area is 219 Å². The molecule has 1 atom stereocenters. The number of carbonyl (C=O) groups is 1. The quantitative estimate of drug-likeness (QED) is 0.349. The van der Waals surface area contributed by atoms with Crippen molar-refractivity contribution in [3.63, 3.8) is 0 Å². The Morgan fingerprint density at radius 1 is 1.17 bits per heavy atom. The third-order valence-electron chi connectivity index (χ3n) is 6.68. The van der Waals surface area contributed by atoms with Crippen LogP contribution in [0.25, 0.3) is 22.0 Å². The van der Waals surface area contributed by atoms with E-state index in [9.17, 15) is 4.79 Å². The van der Waals surface area contributed by atoms with Crippen molar-refractivity contribution in [2.45, 2.75) is 19.1 Å². The Hall–Kier alpha value is -3.26. The van der Waals surface area contributed by atoms with Gasteiger partial charge in [0.1, 0.15) is 12.3 Å². The Bertz CT molecular complexity index is 1410. The van der Waals surface area contributed by atoms with E-state index in [1.54, 1.807) is 24.4 Å². The molecule has 7 nitrogen and oxygen atoms in total. The maximum Gasteiger partial charge on any atom is 0.270 e. The van der Waals surface area contributed by atoms with Crippen LogP contribution in [0.5, 0.6) is 5.75 Å². The molecular weight excluding hydrogens is 497 g/mol. The second kappa shape index (κ2) is 10.0. The number of likely N-dealkylation sites (N-methyl/N-ethyl adjacent to an activating group) is 1. The van der Waals surface area contributed by atoms with Gasteiger partial charge in [0, 0.05) is 57.4 Å². The number of ether oxygens (including phenoxy) is 1. The minimum Gasteiger partial charge on any atom is -0.485 e. The van der Waals surface area contributed by atoms with E-state index in [0.717, 1.165) is 41.5 Å². The van der Waals surface area contributed by atoms with Crippen molar-refractivity contribution >= 4 is 45.8 Å². The molecule has 1 aliphatic heterocycles. The normalized spacial score (nSPS) is 15.7. The van der Waals surface area contributed by atoms with Crippen LogP contribution in [0, 0.1) is 0 Å².